The van der Waals surface area contributed by atoms with E-state index in [2.05, 4.69) is 4.99 Å². The van der Waals surface area contributed by atoms with Gasteiger partial charge in [0, 0.05) is 6.42 Å². The maximum Gasteiger partial charge on any atom is 0.242 e. The Labute approximate surface area is 59.3 Å². The van der Waals surface area contributed by atoms with Gasteiger partial charge in [0.15, 0.2) is 0 Å². The SMILES string of the molecule is NC(=O)C1CCCC(N)=N1. The number of hydrogen-bond acceptors (Lipinski definition) is 3. The number of nitrogens with two attached hydrogens (primary N) is 2. The maximum absolute atomic E-state index is 10.6. The molecular formula is C6H11N3O. The van der Waals surface area contributed by atoms with Crippen LogP contribution in [0.5, 0.6) is 0 Å². The Balaban J connectivity index is 2.62. The number of aliphatic imine (C=N–C) groups is 1. The molecule has 56 valence electrons. The molecule has 1 aliphatic heterocycles. The molecule has 1 amide bonds. The molecule has 0 aromatic rings. The van der Waals surface area contributed by atoms with Crippen molar-refractivity contribution in [3.05, 3.63) is 0 Å². The summed E-state index contributed by atoms with van der Waals surface area (Å²) in [7, 11) is 0. The van der Waals surface area contributed by atoms with Gasteiger partial charge in [0.1, 0.15) is 6.04 Å². The molecule has 0 bridgehead atoms. The third-order valence-corrected chi connectivity index (χ3v) is 1.56. The zero-order valence-electron chi connectivity index (χ0n) is 5.71. The van der Waals surface area contributed by atoms with Crippen LogP contribution in [0, 0.1) is 0 Å². The molecule has 1 aliphatic rings. The second kappa shape index (κ2) is 2.68. The Morgan fingerprint density at radius 2 is 2.40 bits per heavy atom. The molecule has 1 atom stereocenters. The predicted molar refractivity (Wildman–Crippen MR) is 38.5 cm³/mol. The van der Waals surface area contributed by atoms with Crippen molar-refractivity contribution in [1.29, 1.82) is 0 Å². The van der Waals surface area contributed by atoms with E-state index in [4.69, 9.17) is 11.5 Å². The highest BCUT2D eigenvalue weighted by Crippen LogP contribution is 2.10. The molecule has 1 heterocycles. The van der Waals surface area contributed by atoms with E-state index in [1.807, 2.05) is 0 Å². The van der Waals surface area contributed by atoms with Gasteiger partial charge in [-0.05, 0) is 12.8 Å². The number of amides is 1. The van der Waals surface area contributed by atoms with Crippen LogP contribution in [-0.4, -0.2) is 17.8 Å². The van der Waals surface area contributed by atoms with Gasteiger partial charge in [-0.1, -0.05) is 0 Å². The first-order valence-corrected chi connectivity index (χ1v) is 3.31. The Kier molecular flexibility index (Phi) is 1.89. The van der Waals surface area contributed by atoms with E-state index >= 15 is 0 Å². The molecule has 1 unspecified atom stereocenters. The number of carbonyl (C=O) groups excluding carboxylic acids is 1. The Morgan fingerprint density at radius 3 is 2.80 bits per heavy atom. The summed E-state index contributed by atoms with van der Waals surface area (Å²) in [5.41, 5.74) is 10.4. The highest BCUT2D eigenvalue weighted by molar-refractivity contribution is 5.87. The van der Waals surface area contributed by atoms with Crippen molar-refractivity contribution in [2.75, 3.05) is 0 Å². The number of nitrogens with zero attached hydrogens (tertiary/aromatic N) is 1. The van der Waals surface area contributed by atoms with Crippen molar-refractivity contribution in [2.24, 2.45) is 16.5 Å². The third-order valence-electron chi connectivity index (χ3n) is 1.56. The molecule has 1 rings (SSSR count). The summed E-state index contributed by atoms with van der Waals surface area (Å²) in [4.78, 5) is 14.5. The van der Waals surface area contributed by atoms with Gasteiger partial charge in [-0.15, -0.1) is 0 Å². The average molecular weight is 141 g/mol. The van der Waals surface area contributed by atoms with Crippen LogP contribution in [0.3, 0.4) is 0 Å². The van der Waals surface area contributed by atoms with Crippen LogP contribution in [0.25, 0.3) is 0 Å². The van der Waals surface area contributed by atoms with Crippen LogP contribution in [0.15, 0.2) is 4.99 Å². The molecule has 4 nitrogen and oxygen atoms in total. The van der Waals surface area contributed by atoms with Gasteiger partial charge in [0.2, 0.25) is 5.91 Å². The number of primary amides is 1. The third kappa shape index (κ3) is 1.46. The normalized spacial score (nSPS) is 25.6. The summed E-state index contributed by atoms with van der Waals surface area (Å²) in [6.45, 7) is 0. The second-order valence-corrected chi connectivity index (χ2v) is 2.43. The van der Waals surface area contributed by atoms with Crippen LogP contribution in [0.1, 0.15) is 19.3 Å². The van der Waals surface area contributed by atoms with Gasteiger partial charge in [-0.2, -0.15) is 0 Å². The minimum atomic E-state index is -0.373. The molecule has 0 saturated heterocycles. The topological polar surface area (TPSA) is 81.5 Å². The molecule has 0 saturated carbocycles. The average Bonchev–Trinajstić information content (AvgIpc) is 1.88. The summed E-state index contributed by atoms with van der Waals surface area (Å²) in [6.07, 6.45) is 2.46. The predicted octanol–water partition coefficient (Wildman–Crippen LogP) is -0.619. The van der Waals surface area contributed by atoms with Crippen LogP contribution in [0.2, 0.25) is 0 Å². The smallest absolute Gasteiger partial charge is 0.242 e. The first kappa shape index (κ1) is 7.05. The lowest BCUT2D eigenvalue weighted by Gasteiger charge is -2.14. The van der Waals surface area contributed by atoms with E-state index in [0.29, 0.717) is 5.84 Å². The fourth-order valence-corrected chi connectivity index (χ4v) is 1.01. The number of carbonyl (C=O) groups is 1. The fourth-order valence-electron chi connectivity index (χ4n) is 1.01. The number of hydrogen-bond donors (Lipinski definition) is 2. The van der Waals surface area contributed by atoms with Gasteiger partial charge in [0.25, 0.3) is 0 Å². The molecular weight excluding hydrogens is 130 g/mol. The Hall–Kier alpha value is -1.06. The molecule has 10 heavy (non-hydrogen) atoms. The van der Waals surface area contributed by atoms with Crippen molar-refractivity contribution in [3.8, 4) is 0 Å². The van der Waals surface area contributed by atoms with Gasteiger partial charge in [0.05, 0.1) is 5.84 Å². The minimum absolute atomic E-state index is 0.367. The zero-order valence-corrected chi connectivity index (χ0v) is 5.71. The van der Waals surface area contributed by atoms with Crippen molar-refractivity contribution in [3.63, 3.8) is 0 Å². The monoisotopic (exact) mass is 141 g/mol. The Bertz CT molecular complexity index is 176. The molecule has 0 aliphatic carbocycles. The van der Waals surface area contributed by atoms with Crippen LogP contribution < -0.4 is 11.5 Å². The zero-order chi connectivity index (χ0) is 7.56. The van der Waals surface area contributed by atoms with E-state index in [-0.39, 0.29) is 11.9 Å². The largest absolute Gasteiger partial charge is 0.387 e. The molecule has 4 N–H and O–H groups in total. The van der Waals surface area contributed by atoms with Crippen LogP contribution in [-0.2, 0) is 4.79 Å². The number of amidine groups is 1. The van der Waals surface area contributed by atoms with E-state index in [0.717, 1.165) is 19.3 Å². The highest BCUT2D eigenvalue weighted by atomic mass is 16.1. The van der Waals surface area contributed by atoms with Gasteiger partial charge >= 0.3 is 0 Å². The quantitative estimate of drug-likeness (QED) is 0.510. The van der Waals surface area contributed by atoms with Crippen molar-refractivity contribution >= 4 is 11.7 Å². The number of rotatable bonds is 1. The van der Waals surface area contributed by atoms with E-state index < -0.39 is 0 Å². The molecule has 0 aromatic carbocycles. The van der Waals surface area contributed by atoms with Crippen molar-refractivity contribution in [1.82, 2.24) is 0 Å². The second-order valence-electron chi connectivity index (χ2n) is 2.43. The van der Waals surface area contributed by atoms with Crippen molar-refractivity contribution in [2.45, 2.75) is 25.3 Å². The van der Waals surface area contributed by atoms with Gasteiger partial charge < -0.3 is 11.5 Å². The maximum atomic E-state index is 10.6. The standard InChI is InChI=1S/C6H11N3O/c7-5-3-1-2-4(9-5)6(8)10/h4H,1-3H2,(H2,7,9)(H2,8,10). The van der Waals surface area contributed by atoms with Gasteiger partial charge in [-0.3, -0.25) is 9.79 Å². The summed E-state index contributed by atoms with van der Waals surface area (Å²) in [5.74, 6) is 0.178. The van der Waals surface area contributed by atoms with E-state index in [9.17, 15) is 4.79 Å². The fraction of sp³-hybridized carbons (Fsp3) is 0.667. The molecule has 0 spiro atoms. The summed E-state index contributed by atoms with van der Waals surface area (Å²) < 4.78 is 0. The van der Waals surface area contributed by atoms with Crippen LogP contribution in [0.4, 0.5) is 0 Å². The highest BCUT2D eigenvalue weighted by Gasteiger charge is 2.17. The van der Waals surface area contributed by atoms with Gasteiger partial charge in [-0.25, -0.2) is 0 Å². The molecule has 0 fully saturated rings. The summed E-state index contributed by atoms with van der Waals surface area (Å²) in [5, 5.41) is 0. The van der Waals surface area contributed by atoms with Crippen LogP contribution >= 0.6 is 0 Å². The molecule has 0 aromatic heterocycles. The Morgan fingerprint density at radius 1 is 1.70 bits per heavy atom. The lowest BCUT2D eigenvalue weighted by molar-refractivity contribution is -0.119. The summed E-state index contributed by atoms with van der Waals surface area (Å²) in [6, 6.07) is -0.367. The van der Waals surface area contributed by atoms with Crippen molar-refractivity contribution < 1.29 is 4.79 Å². The summed E-state index contributed by atoms with van der Waals surface area (Å²) >= 11 is 0. The molecule has 0 radical (unpaired) electrons. The lowest BCUT2D eigenvalue weighted by atomic mass is 10.1. The minimum Gasteiger partial charge on any atom is -0.387 e. The van der Waals surface area contributed by atoms with E-state index in [1.54, 1.807) is 0 Å². The first-order valence-electron chi connectivity index (χ1n) is 3.31. The molecule has 4 heteroatoms. The van der Waals surface area contributed by atoms with E-state index in [1.165, 1.54) is 0 Å². The lowest BCUT2D eigenvalue weighted by Crippen LogP contribution is -2.32. The first-order chi connectivity index (χ1) is 4.70.